The van der Waals surface area contributed by atoms with Crippen LogP contribution in [0.5, 0.6) is 0 Å². The van der Waals surface area contributed by atoms with E-state index in [-0.39, 0.29) is 0 Å². The largest absolute Gasteiger partial charge is 0.0867 e. The fourth-order valence-electron chi connectivity index (χ4n) is 3.47. The quantitative estimate of drug-likeness (QED) is 0.303. The highest BCUT2D eigenvalue weighted by Gasteiger charge is 2.23. The van der Waals surface area contributed by atoms with Gasteiger partial charge in [-0.05, 0) is 39.3 Å². The van der Waals surface area contributed by atoms with Crippen LogP contribution in [0.4, 0.5) is 0 Å². The summed E-state index contributed by atoms with van der Waals surface area (Å²) >= 11 is 4.03. The minimum absolute atomic E-state index is 0.607. The summed E-state index contributed by atoms with van der Waals surface area (Å²) in [7, 11) is -0.607. The summed E-state index contributed by atoms with van der Waals surface area (Å²) in [4.78, 5) is 0. The van der Waals surface area contributed by atoms with E-state index in [0.29, 0.717) is 0 Å². The van der Waals surface area contributed by atoms with Crippen molar-refractivity contribution in [3.8, 4) is 27.6 Å². The molecule has 0 aliphatic rings. The van der Waals surface area contributed by atoms with Crippen molar-refractivity contribution in [2.24, 2.45) is 0 Å². The Morgan fingerprint density at radius 3 is 1.67 bits per heavy atom. The average Bonchev–Trinajstić information content (AvgIpc) is 3.02. The molecular formula is C25H20BrP. The van der Waals surface area contributed by atoms with Crippen LogP contribution in [0.2, 0.25) is 0 Å². The molecule has 4 aromatic rings. The molecule has 0 saturated carbocycles. The van der Waals surface area contributed by atoms with Crippen molar-refractivity contribution >= 4 is 29.5 Å². The summed E-state index contributed by atoms with van der Waals surface area (Å²) in [5.41, 5.74) is 5.17. The predicted octanol–water partition coefficient (Wildman–Crippen LogP) is 8.79. The van der Waals surface area contributed by atoms with Crippen molar-refractivity contribution < 1.29 is 0 Å². The molecule has 4 rings (SSSR count). The molecule has 0 bridgehead atoms. The van der Waals surface area contributed by atoms with Gasteiger partial charge in [0.15, 0.2) is 0 Å². The minimum atomic E-state index is -0.607. The van der Waals surface area contributed by atoms with Crippen molar-refractivity contribution in [3.05, 3.63) is 107 Å². The first-order valence-corrected chi connectivity index (χ1v) is 11.2. The highest BCUT2D eigenvalue weighted by atomic mass is 79.9. The van der Waals surface area contributed by atoms with Crippen molar-refractivity contribution in [2.75, 3.05) is 0 Å². The van der Waals surface area contributed by atoms with Gasteiger partial charge in [0.25, 0.3) is 0 Å². The highest BCUT2D eigenvalue weighted by Crippen LogP contribution is 2.61. The van der Waals surface area contributed by atoms with Crippen LogP contribution in [0.3, 0.4) is 0 Å². The molecular weight excluding hydrogens is 411 g/mol. The zero-order chi connectivity index (χ0) is 18.6. The van der Waals surface area contributed by atoms with Crippen LogP contribution in [0.25, 0.3) is 33.6 Å². The first-order chi connectivity index (χ1) is 13.3. The molecule has 0 aliphatic carbocycles. The van der Waals surface area contributed by atoms with E-state index in [2.05, 4.69) is 126 Å². The Labute approximate surface area is 170 Å². The number of rotatable bonds is 4. The van der Waals surface area contributed by atoms with Gasteiger partial charge in [-0.2, -0.15) is 0 Å². The van der Waals surface area contributed by atoms with Gasteiger partial charge in [0.2, 0.25) is 0 Å². The van der Waals surface area contributed by atoms with E-state index in [1.807, 2.05) is 0 Å². The van der Waals surface area contributed by atoms with Crippen LogP contribution in [-0.2, 0) is 0 Å². The fourth-order valence-corrected chi connectivity index (χ4v) is 7.50. The second-order valence-corrected chi connectivity index (χ2v) is 9.85. The smallest absolute Gasteiger partial charge is 0.0503 e. The molecule has 0 saturated heterocycles. The van der Waals surface area contributed by atoms with Gasteiger partial charge in [-0.15, -0.1) is 0 Å². The van der Waals surface area contributed by atoms with Crippen LogP contribution in [-0.4, -0.2) is 0 Å². The van der Waals surface area contributed by atoms with E-state index in [9.17, 15) is 0 Å². The van der Waals surface area contributed by atoms with E-state index in [0.717, 1.165) is 0 Å². The summed E-state index contributed by atoms with van der Waals surface area (Å²) in [6, 6.07) is 32.3. The topological polar surface area (TPSA) is 0 Å². The number of hydrogen-bond donors (Lipinski definition) is 0. The molecule has 1 atom stereocenters. The van der Waals surface area contributed by atoms with Gasteiger partial charge in [0.05, 0.1) is 4.20 Å². The van der Waals surface area contributed by atoms with Gasteiger partial charge in [0.1, 0.15) is 0 Å². The lowest BCUT2D eigenvalue weighted by Crippen LogP contribution is -1.83. The van der Waals surface area contributed by atoms with Gasteiger partial charge in [0, 0.05) is 16.4 Å². The Morgan fingerprint density at radius 2 is 1.15 bits per heavy atom. The number of benzene rings is 3. The van der Waals surface area contributed by atoms with Crippen molar-refractivity contribution in [3.63, 3.8) is 0 Å². The Morgan fingerprint density at radius 1 is 0.667 bits per heavy atom. The lowest BCUT2D eigenvalue weighted by Gasteiger charge is -2.08. The van der Waals surface area contributed by atoms with Crippen LogP contribution >= 0.6 is 23.5 Å². The maximum absolute atomic E-state index is 4.03. The molecule has 0 N–H and O–H groups in total. The molecule has 0 radical (unpaired) electrons. The van der Waals surface area contributed by atoms with Gasteiger partial charge in [-0.25, -0.2) is 0 Å². The molecule has 0 spiro atoms. The Kier molecular flexibility index (Phi) is 5.43. The van der Waals surface area contributed by atoms with E-state index >= 15 is 0 Å². The van der Waals surface area contributed by atoms with Gasteiger partial charge >= 0.3 is 0 Å². The second-order valence-electron chi connectivity index (χ2n) is 6.33. The average molecular weight is 431 g/mol. The van der Waals surface area contributed by atoms with Crippen LogP contribution < -0.4 is 0 Å². The normalized spacial score (nSPS) is 11.9. The van der Waals surface area contributed by atoms with E-state index < -0.39 is 7.53 Å². The Bertz CT molecular complexity index is 1060. The van der Waals surface area contributed by atoms with Crippen molar-refractivity contribution in [2.45, 2.75) is 6.92 Å². The summed E-state index contributed by atoms with van der Waals surface area (Å²) in [5, 5.41) is 2.77. The summed E-state index contributed by atoms with van der Waals surface area (Å²) in [6.45, 7) is 2.10. The first-order valence-electron chi connectivity index (χ1n) is 9.04. The van der Waals surface area contributed by atoms with Crippen LogP contribution in [0.15, 0.2) is 101 Å². The summed E-state index contributed by atoms with van der Waals surface area (Å²) < 4.78 is 1.29. The van der Waals surface area contributed by atoms with E-state index in [1.54, 1.807) is 0 Å². The molecule has 0 aliphatic heterocycles. The van der Waals surface area contributed by atoms with Crippen molar-refractivity contribution in [1.82, 2.24) is 0 Å². The van der Waals surface area contributed by atoms with Crippen LogP contribution in [0.1, 0.15) is 12.2 Å². The van der Waals surface area contributed by atoms with E-state index in [4.69, 9.17) is 0 Å². The van der Waals surface area contributed by atoms with Crippen molar-refractivity contribution in [1.29, 1.82) is 0 Å². The van der Waals surface area contributed by atoms with E-state index in [1.165, 1.54) is 37.1 Å². The molecule has 2 heteroatoms. The molecule has 1 unspecified atom stereocenters. The molecule has 0 fully saturated rings. The second kappa shape index (κ2) is 8.13. The Hall–Kier alpha value is -2.34. The number of halogens is 1. The third kappa shape index (κ3) is 3.46. The molecule has 1 heterocycles. The summed E-state index contributed by atoms with van der Waals surface area (Å²) in [5.74, 6) is 0. The molecule has 3 aromatic carbocycles. The standard InChI is InChI=1S/C25H20BrP/c1-2-12-22-23(19-13-6-3-7-14-19)24(20-15-8-4-9-16-20)25(26)27(22)21-17-10-5-11-18-21/h2-18H,1H3/b12-2+. The maximum atomic E-state index is 4.03. The number of allylic oxidation sites excluding steroid dienone is 1. The number of hydrogen-bond acceptors (Lipinski definition) is 0. The first kappa shape index (κ1) is 18.0. The summed E-state index contributed by atoms with van der Waals surface area (Å²) in [6.07, 6.45) is 4.45. The van der Waals surface area contributed by atoms with Gasteiger partial charge < -0.3 is 0 Å². The third-order valence-electron chi connectivity index (χ3n) is 4.61. The maximum Gasteiger partial charge on any atom is 0.0503 e. The Balaban J connectivity index is 2.12. The van der Waals surface area contributed by atoms with Gasteiger partial charge in [-0.3, -0.25) is 0 Å². The highest BCUT2D eigenvalue weighted by molar-refractivity contribution is 9.11. The molecule has 1 aromatic heterocycles. The SMILES string of the molecule is C/C=C/c1c(-c2ccccc2)c(-c2ccccc2)c(Br)p1-c1ccccc1. The zero-order valence-electron chi connectivity index (χ0n) is 15.1. The monoisotopic (exact) mass is 430 g/mol. The van der Waals surface area contributed by atoms with Crippen LogP contribution in [0, 0.1) is 0 Å². The lowest BCUT2D eigenvalue weighted by molar-refractivity contribution is 1.62. The zero-order valence-corrected chi connectivity index (χ0v) is 17.6. The molecule has 0 amide bonds. The fraction of sp³-hybridized carbons (Fsp3) is 0.0400. The van der Waals surface area contributed by atoms with Gasteiger partial charge in [-0.1, -0.05) is 111 Å². The third-order valence-corrected chi connectivity index (χ3v) is 8.36. The minimum Gasteiger partial charge on any atom is -0.0867 e. The molecule has 27 heavy (non-hydrogen) atoms. The molecule has 132 valence electrons. The predicted molar refractivity (Wildman–Crippen MR) is 124 cm³/mol. The molecule has 0 nitrogen and oxygen atoms in total. The lowest BCUT2D eigenvalue weighted by atomic mass is 9.97.